The third-order valence-corrected chi connectivity index (χ3v) is 7.22. The molecule has 0 aliphatic carbocycles. The molecular weight excluding hydrogens is 499 g/mol. The van der Waals surface area contributed by atoms with E-state index in [0.29, 0.717) is 23.4 Å². The first-order chi connectivity index (χ1) is 17.6. The molecule has 0 bridgehead atoms. The van der Waals surface area contributed by atoms with Gasteiger partial charge in [-0.15, -0.1) is 0 Å². The van der Waals surface area contributed by atoms with Gasteiger partial charge in [0.1, 0.15) is 23.0 Å². The van der Waals surface area contributed by atoms with Crippen molar-refractivity contribution in [1.82, 2.24) is 0 Å². The van der Waals surface area contributed by atoms with Crippen LogP contribution < -0.4 is 14.4 Å². The Kier molecular flexibility index (Phi) is 9.24. The smallest absolute Gasteiger partial charge is 0.338 e. The first kappa shape index (κ1) is 27.7. The summed E-state index contributed by atoms with van der Waals surface area (Å²) in [5.74, 6) is -1.55. The quantitative estimate of drug-likeness (QED) is 0.280. The van der Waals surface area contributed by atoms with Crippen molar-refractivity contribution < 1.29 is 31.9 Å². The van der Waals surface area contributed by atoms with Crippen LogP contribution in [0.4, 0.5) is 15.8 Å². The molecule has 3 rings (SSSR count). The van der Waals surface area contributed by atoms with Gasteiger partial charge in [-0.05, 0) is 79.6 Å². The number of anilines is 2. The fourth-order valence-electron chi connectivity index (χ4n) is 3.44. The maximum absolute atomic E-state index is 13.7. The van der Waals surface area contributed by atoms with Gasteiger partial charge in [0.15, 0.2) is 0 Å². The lowest BCUT2D eigenvalue weighted by Crippen LogP contribution is -2.38. The van der Waals surface area contributed by atoms with Crippen LogP contribution in [0.2, 0.25) is 0 Å². The van der Waals surface area contributed by atoms with Gasteiger partial charge >= 0.3 is 5.97 Å². The van der Waals surface area contributed by atoms with Crippen LogP contribution >= 0.6 is 0 Å². The van der Waals surface area contributed by atoms with E-state index in [1.54, 1.807) is 13.0 Å². The van der Waals surface area contributed by atoms with Crippen LogP contribution in [0.15, 0.2) is 71.6 Å². The highest BCUT2D eigenvalue weighted by molar-refractivity contribution is 7.93. The molecule has 0 atom stereocenters. The van der Waals surface area contributed by atoms with Crippen molar-refractivity contribution in [2.45, 2.75) is 31.6 Å². The molecule has 196 valence electrons. The lowest BCUT2D eigenvalue weighted by molar-refractivity contribution is -0.114. The summed E-state index contributed by atoms with van der Waals surface area (Å²) in [5, 5.41) is 2.63. The number of carbonyl (C=O) groups excluding carboxylic acids is 2. The van der Waals surface area contributed by atoms with Crippen molar-refractivity contribution in [3.8, 4) is 5.75 Å². The molecule has 0 fully saturated rings. The molecule has 3 aromatic rings. The fraction of sp³-hybridized carbons (Fsp3) is 0.259. The second-order valence-corrected chi connectivity index (χ2v) is 10.1. The van der Waals surface area contributed by atoms with Crippen molar-refractivity contribution in [1.29, 1.82) is 0 Å². The van der Waals surface area contributed by atoms with Crippen molar-refractivity contribution in [3.63, 3.8) is 0 Å². The van der Waals surface area contributed by atoms with Gasteiger partial charge in [0.2, 0.25) is 5.91 Å². The number of amides is 1. The van der Waals surface area contributed by atoms with E-state index in [1.807, 2.05) is 6.92 Å². The summed E-state index contributed by atoms with van der Waals surface area (Å²) >= 11 is 0. The topological polar surface area (TPSA) is 102 Å². The number of nitrogens with zero attached hydrogens (tertiary/aromatic N) is 1. The van der Waals surface area contributed by atoms with E-state index in [4.69, 9.17) is 9.47 Å². The molecule has 0 radical (unpaired) electrons. The van der Waals surface area contributed by atoms with E-state index in [1.165, 1.54) is 55.6 Å². The first-order valence-electron chi connectivity index (χ1n) is 11.7. The van der Waals surface area contributed by atoms with Crippen LogP contribution in [0.1, 0.15) is 35.7 Å². The summed E-state index contributed by atoms with van der Waals surface area (Å²) in [7, 11) is -2.94. The Labute approximate surface area is 216 Å². The molecule has 8 nitrogen and oxygen atoms in total. The third-order valence-electron chi connectivity index (χ3n) is 5.42. The molecule has 0 saturated carbocycles. The summed E-state index contributed by atoms with van der Waals surface area (Å²) in [4.78, 5) is 24.9. The van der Waals surface area contributed by atoms with Crippen LogP contribution in [-0.4, -0.2) is 40.6 Å². The number of rotatable bonds is 11. The molecule has 1 amide bonds. The van der Waals surface area contributed by atoms with Gasteiger partial charge in [-0.3, -0.25) is 9.10 Å². The number of hydrogen-bond acceptors (Lipinski definition) is 6. The van der Waals surface area contributed by atoms with Crippen LogP contribution in [0.3, 0.4) is 0 Å². The number of ether oxygens (including phenoxy) is 2. The number of hydrogen-bond donors (Lipinski definition) is 1. The van der Waals surface area contributed by atoms with Crippen LogP contribution in [0.5, 0.6) is 5.75 Å². The predicted molar refractivity (Wildman–Crippen MR) is 139 cm³/mol. The number of unbranched alkanes of at least 4 members (excludes halogenated alkanes) is 1. The van der Waals surface area contributed by atoms with Crippen molar-refractivity contribution in [2.75, 3.05) is 29.9 Å². The highest BCUT2D eigenvalue weighted by Gasteiger charge is 2.30. The normalized spacial score (nSPS) is 11.0. The zero-order valence-corrected chi connectivity index (χ0v) is 21.7. The highest BCUT2D eigenvalue weighted by atomic mass is 32.2. The minimum Gasteiger partial charge on any atom is -0.495 e. The van der Waals surface area contributed by atoms with Crippen LogP contribution in [0.25, 0.3) is 0 Å². The molecule has 0 unspecified atom stereocenters. The predicted octanol–water partition coefficient (Wildman–Crippen LogP) is 4.93. The van der Waals surface area contributed by atoms with Gasteiger partial charge in [-0.25, -0.2) is 17.6 Å². The highest BCUT2D eigenvalue weighted by Crippen LogP contribution is 2.31. The lowest BCUT2D eigenvalue weighted by atomic mass is 10.2. The van der Waals surface area contributed by atoms with Gasteiger partial charge in [-0.1, -0.05) is 19.4 Å². The van der Waals surface area contributed by atoms with Gasteiger partial charge in [0.25, 0.3) is 10.0 Å². The molecule has 0 spiro atoms. The summed E-state index contributed by atoms with van der Waals surface area (Å²) in [6.45, 7) is 3.46. The van der Waals surface area contributed by atoms with Gasteiger partial charge in [0, 0.05) is 5.69 Å². The molecule has 0 aliphatic heterocycles. The van der Waals surface area contributed by atoms with Gasteiger partial charge in [0.05, 0.1) is 25.0 Å². The monoisotopic (exact) mass is 528 g/mol. The SMILES string of the molecule is CCCCOC(=O)c1ccc(NC(=O)CN(c2ccc(F)cc2)S(=O)(=O)c2cc(C)ccc2OC)cc1. The molecular formula is C27H29FN2O6S. The van der Waals surface area contributed by atoms with E-state index in [2.05, 4.69) is 5.32 Å². The largest absolute Gasteiger partial charge is 0.495 e. The van der Waals surface area contributed by atoms with E-state index in [-0.39, 0.29) is 16.3 Å². The van der Waals surface area contributed by atoms with Crippen molar-refractivity contribution in [3.05, 3.63) is 83.7 Å². The number of methoxy groups -OCH3 is 1. The number of esters is 1. The summed E-state index contributed by atoms with van der Waals surface area (Å²) in [5.41, 5.74) is 1.47. The van der Waals surface area contributed by atoms with Gasteiger partial charge in [-0.2, -0.15) is 0 Å². The number of sulfonamides is 1. The van der Waals surface area contributed by atoms with Crippen LogP contribution in [0, 0.1) is 12.7 Å². The van der Waals surface area contributed by atoms with E-state index >= 15 is 0 Å². The Morgan fingerprint density at radius 2 is 1.68 bits per heavy atom. The Bertz CT molecular complexity index is 1340. The van der Waals surface area contributed by atoms with E-state index in [9.17, 15) is 22.4 Å². The third kappa shape index (κ3) is 7.07. The van der Waals surface area contributed by atoms with Gasteiger partial charge < -0.3 is 14.8 Å². The second-order valence-electron chi connectivity index (χ2n) is 8.26. The molecule has 0 heterocycles. The Morgan fingerprint density at radius 1 is 1.00 bits per heavy atom. The maximum Gasteiger partial charge on any atom is 0.338 e. The molecule has 10 heteroatoms. The molecule has 37 heavy (non-hydrogen) atoms. The number of nitrogens with one attached hydrogen (secondary N) is 1. The molecule has 0 aliphatic rings. The zero-order chi connectivity index (χ0) is 27.0. The number of halogens is 1. The number of benzene rings is 3. The Morgan fingerprint density at radius 3 is 2.30 bits per heavy atom. The molecule has 0 saturated heterocycles. The van der Waals surface area contributed by atoms with E-state index < -0.39 is 34.3 Å². The average molecular weight is 529 g/mol. The molecule has 1 N–H and O–H groups in total. The lowest BCUT2D eigenvalue weighted by Gasteiger charge is -2.25. The van der Waals surface area contributed by atoms with Crippen molar-refractivity contribution >= 4 is 33.3 Å². The minimum absolute atomic E-state index is 0.102. The summed E-state index contributed by atoms with van der Waals surface area (Å²) in [6, 6.07) is 15.5. The van der Waals surface area contributed by atoms with Crippen LogP contribution in [-0.2, 0) is 19.6 Å². The Balaban J connectivity index is 1.84. The van der Waals surface area contributed by atoms with Crippen molar-refractivity contribution in [2.24, 2.45) is 0 Å². The van der Waals surface area contributed by atoms with E-state index in [0.717, 1.165) is 29.3 Å². The molecule has 0 aromatic heterocycles. The standard InChI is InChI=1S/C27H29FN2O6S/c1-4-5-16-36-27(32)20-7-11-22(12-8-20)29-26(31)18-30(23-13-9-21(28)10-14-23)37(33,34)25-17-19(2)6-15-24(25)35-3/h6-15,17H,4-5,16,18H2,1-3H3,(H,29,31). The summed E-state index contributed by atoms with van der Waals surface area (Å²) < 4.78 is 52.2. The fourth-order valence-corrected chi connectivity index (χ4v) is 5.10. The Hall–Kier alpha value is -3.92. The first-order valence-corrected chi connectivity index (χ1v) is 13.1. The summed E-state index contributed by atoms with van der Waals surface area (Å²) in [6.07, 6.45) is 1.67. The average Bonchev–Trinajstić information content (AvgIpc) is 2.88. The molecule has 3 aromatic carbocycles. The maximum atomic E-state index is 13.7. The second kappa shape index (κ2) is 12.4. The number of carbonyl (C=O) groups is 2. The number of aryl methyl sites for hydroxylation is 1. The minimum atomic E-state index is -4.28. The zero-order valence-electron chi connectivity index (χ0n) is 20.9.